The number of amides is 1. The SMILES string of the molecule is O=C([C@H]1CCCC(F)(F)C1)N(Cc1ccccn1)c1ccc(F)cc1. The van der Waals surface area contributed by atoms with E-state index in [2.05, 4.69) is 4.98 Å². The molecule has 1 aromatic heterocycles. The van der Waals surface area contributed by atoms with Crippen molar-refractivity contribution in [3.63, 3.8) is 0 Å². The van der Waals surface area contributed by atoms with Gasteiger partial charge in [-0.05, 0) is 49.2 Å². The molecular formula is C19H19F3N2O. The third-order valence-corrected chi connectivity index (χ3v) is 4.44. The van der Waals surface area contributed by atoms with Gasteiger partial charge in [-0.1, -0.05) is 6.07 Å². The Morgan fingerprint density at radius 1 is 1.20 bits per heavy atom. The van der Waals surface area contributed by atoms with Crippen LogP contribution in [0.15, 0.2) is 48.7 Å². The molecule has 0 spiro atoms. The summed E-state index contributed by atoms with van der Waals surface area (Å²) in [6.45, 7) is 0.160. The van der Waals surface area contributed by atoms with Crippen LogP contribution in [0.2, 0.25) is 0 Å². The van der Waals surface area contributed by atoms with E-state index in [4.69, 9.17) is 0 Å². The molecule has 1 amide bonds. The van der Waals surface area contributed by atoms with Crippen LogP contribution in [0.3, 0.4) is 0 Å². The maximum atomic E-state index is 13.7. The number of halogens is 3. The number of rotatable bonds is 4. The molecule has 1 atom stereocenters. The number of hydrogen-bond donors (Lipinski definition) is 0. The van der Waals surface area contributed by atoms with Gasteiger partial charge in [0.1, 0.15) is 5.82 Å². The van der Waals surface area contributed by atoms with Crippen molar-refractivity contribution in [1.82, 2.24) is 4.98 Å². The average molecular weight is 348 g/mol. The highest BCUT2D eigenvalue weighted by atomic mass is 19.3. The van der Waals surface area contributed by atoms with E-state index in [0.29, 0.717) is 24.2 Å². The first kappa shape index (κ1) is 17.5. The minimum Gasteiger partial charge on any atom is -0.306 e. The fourth-order valence-electron chi connectivity index (χ4n) is 3.17. The summed E-state index contributed by atoms with van der Waals surface area (Å²) < 4.78 is 40.7. The molecule has 1 saturated carbocycles. The van der Waals surface area contributed by atoms with Crippen LogP contribution >= 0.6 is 0 Å². The molecule has 25 heavy (non-hydrogen) atoms. The van der Waals surface area contributed by atoms with Gasteiger partial charge >= 0.3 is 0 Å². The number of alkyl halides is 2. The first-order valence-electron chi connectivity index (χ1n) is 8.29. The highest BCUT2D eigenvalue weighted by Gasteiger charge is 2.40. The number of carbonyl (C=O) groups excluding carboxylic acids is 1. The maximum absolute atomic E-state index is 13.7. The molecule has 1 fully saturated rings. The Balaban J connectivity index is 1.87. The van der Waals surface area contributed by atoms with Gasteiger partial charge in [-0.25, -0.2) is 13.2 Å². The van der Waals surface area contributed by atoms with Crippen LogP contribution in [0.4, 0.5) is 18.9 Å². The zero-order valence-corrected chi connectivity index (χ0v) is 13.7. The second kappa shape index (κ2) is 7.25. The summed E-state index contributed by atoms with van der Waals surface area (Å²) in [6, 6.07) is 10.8. The molecule has 6 heteroatoms. The molecule has 0 aliphatic heterocycles. The van der Waals surface area contributed by atoms with Crippen molar-refractivity contribution in [2.24, 2.45) is 5.92 Å². The van der Waals surface area contributed by atoms with Crippen molar-refractivity contribution in [3.8, 4) is 0 Å². The topological polar surface area (TPSA) is 33.2 Å². The van der Waals surface area contributed by atoms with Gasteiger partial charge in [-0.15, -0.1) is 0 Å². The smallest absolute Gasteiger partial charge is 0.248 e. The zero-order chi connectivity index (χ0) is 17.9. The second-order valence-corrected chi connectivity index (χ2v) is 6.37. The predicted molar refractivity (Wildman–Crippen MR) is 88.7 cm³/mol. The lowest BCUT2D eigenvalue weighted by Crippen LogP contribution is -2.40. The van der Waals surface area contributed by atoms with Gasteiger partial charge < -0.3 is 4.90 Å². The largest absolute Gasteiger partial charge is 0.306 e. The van der Waals surface area contributed by atoms with Crippen molar-refractivity contribution in [2.75, 3.05) is 4.90 Å². The Bertz CT molecular complexity index is 719. The second-order valence-electron chi connectivity index (χ2n) is 6.37. The fraction of sp³-hybridized carbons (Fsp3) is 0.368. The van der Waals surface area contributed by atoms with Crippen molar-refractivity contribution in [1.29, 1.82) is 0 Å². The number of benzene rings is 1. The van der Waals surface area contributed by atoms with E-state index in [0.717, 1.165) is 0 Å². The van der Waals surface area contributed by atoms with Crippen LogP contribution in [0.25, 0.3) is 0 Å². The summed E-state index contributed by atoms with van der Waals surface area (Å²) in [6.07, 6.45) is 1.76. The molecule has 1 heterocycles. The molecule has 0 saturated heterocycles. The Hall–Kier alpha value is -2.37. The van der Waals surface area contributed by atoms with Crippen molar-refractivity contribution < 1.29 is 18.0 Å². The lowest BCUT2D eigenvalue weighted by atomic mass is 9.85. The Morgan fingerprint density at radius 3 is 2.60 bits per heavy atom. The molecule has 0 radical (unpaired) electrons. The standard InChI is InChI=1S/C19H19F3N2O/c20-15-6-8-17(9-7-15)24(13-16-5-1-2-11-23-16)18(25)14-4-3-10-19(21,22)12-14/h1-2,5-9,11,14H,3-4,10,12-13H2/t14-/m0/s1. The van der Waals surface area contributed by atoms with Gasteiger partial charge in [0.2, 0.25) is 11.8 Å². The van der Waals surface area contributed by atoms with Crippen molar-refractivity contribution in [2.45, 2.75) is 38.2 Å². The number of hydrogen-bond acceptors (Lipinski definition) is 2. The highest BCUT2D eigenvalue weighted by molar-refractivity contribution is 5.95. The van der Waals surface area contributed by atoms with Crippen LogP contribution in [-0.2, 0) is 11.3 Å². The molecular weight excluding hydrogens is 329 g/mol. The van der Waals surface area contributed by atoms with E-state index >= 15 is 0 Å². The summed E-state index contributed by atoms with van der Waals surface area (Å²) in [5.41, 5.74) is 1.12. The molecule has 0 N–H and O–H groups in total. The van der Waals surface area contributed by atoms with E-state index in [1.807, 2.05) is 0 Å². The number of anilines is 1. The van der Waals surface area contributed by atoms with Crippen LogP contribution in [0.5, 0.6) is 0 Å². The zero-order valence-electron chi connectivity index (χ0n) is 13.7. The van der Waals surface area contributed by atoms with Gasteiger partial charge in [-0.2, -0.15) is 0 Å². The van der Waals surface area contributed by atoms with Crippen LogP contribution in [-0.4, -0.2) is 16.8 Å². The van der Waals surface area contributed by atoms with Gasteiger partial charge in [-0.3, -0.25) is 9.78 Å². The third kappa shape index (κ3) is 4.38. The minimum atomic E-state index is -2.81. The minimum absolute atomic E-state index is 0.160. The summed E-state index contributed by atoms with van der Waals surface area (Å²) in [7, 11) is 0. The molecule has 0 bridgehead atoms. The van der Waals surface area contributed by atoms with Crippen molar-refractivity contribution in [3.05, 3.63) is 60.2 Å². The van der Waals surface area contributed by atoms with Crippen LogP contribution in [0, 0.1) is 11.7 Å². The first-order chi connectivity index (χ1) is 11.9. The van der Waals surface area contributed by atoms with Crippen LogP contribution < -0.4 is 4.90 Å². The average Bonchev–Trinajstić information content (AvgIpc) is 2.60. The van der Waals surface area contributed by atoms with E-state index in [1.165, 1.54) is 29.2 Å². The third-order valence-electron chi connectivity index (χ3n) is 4.44. The Labute approximate surface area is 144 Å². The van der Waals surface area contributed by atoms with Crippen molar-refractivity contribution >= 4 is 11.6 Å². The molecule has 132 valence electrons. The normalized spacial score (nSPS) is 19.4. The number of aromatic nitrogens is 1. The number of carbonyl (C=O) groups is 1. The van der Waals surface area contributed by atoms with Gasteiger partial charge in [0.25, 0.3) is 0 Å². The fourth-order valence-corrected chi connectivity index (χ4v) is 3.17. The van der Waals surface area contributed by atoms with E-state index in [1.54, 1.807) is 24.4 Å². The predicted octanol–water partition coefficient (Wildman–Crippen LogP) is 4.58. The number of nitrogens with zero attached hydrogens (tertiary/aromatic N) is 2. The molecule has 3 nitrogen and oxygen atoms in total. The first-order valence-corrected chi connectivity index (χ1v) is 8.29. The molecule has 3 rings (SSSR count). The van der Waals surface area contributed by atoms with E-state index in [-0.39, 0.29) is 18.9 Å². The summed E-state index contributed by atoms with van der Waals surface area (Å²) >= 11 is 0. The number of pyridine rings is 1. The molecule has 1 aromatic carbocycles. The quantitative estimate of drug-likeness (QED) is 0.810. The lowest BCUT2D eigenvalue weighted by Gasteiger charge is -2.32. The molecule has 1 aliphatic carbocycles. The maximum Gasteiger partial charge on any atom is 0.248 e. The Morgan fingerprint density at radius 2 is 1.96 bits per heavy atom. The Kier molecular flexibility index (Phi) is 5.06. The highest BCUT2D eigenvalue weighted by Crippen LogP contribution is 2.38. The van der Waals surface area contributed by atoms with E-state index in [9.17, 15) is 18.0 Å². The summed E-state index contributed by atoms with van der Waals surface area (Å²) in [5.74, 6) is -4.33. The molecule has 1 aliphatic rings. The van der Waals surface area contributed by atoms with Gasteiger partial charge in [0.05, 0.1) is 12.2 Å². The van der Waals surface area contributed by atoms with E-state index < -0.39 is 24.1 Å². The molecule has 0 unspecified atom stereocenters. The summed E-state index contributed by atoms with van der Waals surface area (Å²) in [5, 5.41) is 0. The van der Waals surface area contributed by atoms with Gasteiger partial charge in [0.15, 0.2) is 0 Å². The van der Waals surface area contributed by atoms with Gasteiger partial charge in [0, 0.05) is 30.6 Å². The molecule has 2 aromatic rings. The lowest BCUT2D eigenvalue weighted by molar-refractivity contribution is -0.129. The monoisotopic (exact) mass is 348 g/mol. The summed E-state index contributed by atoms with van der Waals surface area (Å²) in [4.78, 5) is 18.6. The van der Waals surface area contributed by atoms with Crippen LogP contribution in [0.1, 0.15) is 31.4 Å².